The zero-order chi connectivity index (χ0) is 23.1. The Hall–Kier alpha value is -4.71. The van der Waals surface area contributed by atoms with Gasteiger partial charge >= 0.3 is 11.9 Å². The molecule has 5 aromatic rings. The number of aromatic amines is 1. The number of carboxylic acid groups (broad SMARTS) is 2. The van der Waals surface area contributed by atoms with E-state index in [0.717, 1.165) is 11.1 Å². The predicted molar refractivity (Wildman–Crippen MR) is 127 cm³/mol. The molecule has 0 unspecified atom stereocenters. The molecule has 1 heterocycles. The molecule has 33 heavy (non-hydrogen) atoms. The number of hydrogen-bond donors (Lipinski definition) is 3. The third-order valence-electron chi connectivity index (χ3n) is 5.68. The van der Waals surface area contributed by atoms with Crippen LogP contribution in [-0.2, 0) is 0 Å². The Labute approximate surface area is 187 Å². The maximum atomic E-state index is 13.4. The topological polar surface area (TPSA) is 107 Å². The van der Waals surface area contributed by atoms with E-state index in [1.807, 2.05) is 24.3 Å². The molecule has 0 aliphatic carbocycles. The van der Waals surface area contributed by atoms with Crippen LogP contribution in [0.1, 0.15) is 20.7 Å². The summed E-state index contributed by atoms with van der Waals surface area (Å²) in [5, 5.41) is 19.5. The molecular weight excluding hydrogens is 418 g/mol. The monoisotopic (exact) mass is 435 g/mol. The number of H-pyrrole nitrogens is 1. The lowest BCUT2D eigenvalue weighted by Gasteiger charge is -2.09. The third kappa shape index (κ3) is 3.64. The summed E-state index contributed by atoms with van der Waals surface area (Å²) in [7, 11) is 0. The van der Waals surface area contributed by atoms with Crippen molar-refractivity contribution in [2.24, 2.45) is 0 Å². The van der Waals surface area contributed by atoms with Crippen LogP contribution >= 0.6 is 0 Å². The van der Waals surface area contributed by atoms with Crippen LogP contribution in [0.4, 0.5) is 0 Å². The fraction of sp³-hybridized carbons (Fsp3) is 0. The molecule has 0 spiro atoms. The van der Waals surface area contributed by atoms with Crippen molar-refractivity contribution in [2.75, 3.05) is 0 Å². The molecule has 0 aliphatic heterocycles. The number of fused-ring (bicyclic) bond motifs is 2. The van der Waals surface area contributed by atoms with Crippen LogP contribution in [0.3, 0.4) is 0 Å². The molecule has 0 aliphatic rings. The predicted octanol–water partition coefficient (Wildman–Crippen LogP) is 5.41. The average molecular weight is 435 g/mol. The molecule has 0 atom stereocenters. The fourth-order valence-electron chi connectivity index (χ4n) is 4.00. The molecule has 160 valence electrons. The molecule has 3 N–H and O–H groups in total. The summed E-state index contributed by atoms with van der Waals surface area (Å²) in [6, 6.07) is 24.0. The number of aromatic nitrogens is 1. The largest absolute Gasteiger partial charge is 0.478 e. The van der Waals surface area contributed by atoms with Crippen LogP contribution in [0.25, 0.3) is 44.1 Å². The van der Waals surface area contributed by atoms with E-state index in [4.69, 9.17) is 0 Å². The Morgan fingerprint density at radius 3 is 1.42 bits per heavy atom. The highest BCUT2D eigenvalue weighted by Gasteiger charge is 2.11. The molecule has 6 heteroatoms. The number of carbonyl (C=O) groups is 2. The number of hydrogen-bond acceptors (Lipinski definition) is 3. The lowest BCUT2D eigenvalue weighted by Crippen LogP contribution is -2.05. The van der Waals surface area contributed by atoms with E-state index >= 15 is 0 Å². The Kier molecular flexibility index (Phi) is 4.75. The Morgan fingerprint density at radius 1 is 0.576 bits per heavy atom. The molecule has 1 aromatic heterocycles. The molecular formula is C27H17NO5. The van der Waals surface area contributed by atoms with Crippen molar-refractivity contribution in [1.82, 2.24) is 4.98 Å². The van der Waals surface area contributed by atoms with Gasteiger partial charge < -0.3 is 15.2 Å². The molecule has 0 saturated heterocycles. The molecule has 4 aromatic carbocycles. The van der Waals surface area contributed by atoms with Gasteiger partial charge in [-0.25, -0.2) is 9.59 Å². The van der Waals surface area contributed by atoms with Crippen LogP contribution < -0.4 is 5.43 Å². The van der Waals surface area contributed by atoms with Crippen molar-refractivity contribution in [3.05, 3.63) is 106 Å². The van der Waals surface area contributed by atoms with Gasteiger partial charge in [-0.2, -0.15) is 0 Å². The van der Waals surface area contributed by atoms with Crippen LogP contribution in [0.5, 0.6) is 0 Å². The minimum Gasteiger partial charge on any atom is -0.478 e. The lowest BCUT2D eigenvalue weighted by atomic mass is 9.98. The third-order valence-corrected chi connectivity index (χ3v) is 5.68. The summed E-state index contributed by atoms with van der Waals surface area (Å²) >= 11 is 0. The van der Waals surface area contributed by atoms with Gasteiger partial charge in [0.25, 0.3) is 0 Å². The summed E-state index contributed by atoms with van der Waals surface area (Å²) in [6.45, 7) is 0. The summed E-state index contributed by atoms with van der Waals surface area (Å²) in [5.41, 5.74) is 4.41. The number of carboxylic acids is 2. The maximum Gasteiger partial charge on any atom is 0.335 e. The maximum absolute atomic E-state index is 13.4. The van der Waals surface area contributed by atoms with Gasteiger partial charge in [0, 0.05) is 21.8 Å². The van der Waals surface area contributed by atoms with Gasteiger partial charge in [-0.05, 0) is 70.8 Å². The van der Waals surface area contributed by atoms with E-state index in [-0.39, 0.29) is 16.6 Å². The second-order valence-electron chi connectivity index (χ2n) is 7.75. The van der Waals surface area contributed by atoms with E-state index < -0.39 is 11.9 Å². The van der Waals surface area contributed by atoms with E-state index in [1.165, 1.54) is 12.1 Å². The van der Waals surface area contributed by atoms with E-state index in [9.17, 15) is 24.6 Å². The number of pyridine rings is 1. The quantitative estimate of drug-likeness (QED) is 0.327. The zero-order valence-electron chi connectivity index (χ0n) is 17.2. The van der Waals surface area contributed by atoms with Gasteiger partial charge in [-0.1, -0.05) is 36.4 Å². The highest BCUT2D eigenvalue weighted by molar-refractivity contribution is 5.97. The molecule has 0 bridgehead atoms. The van der Waals surface area contributed by atoms with Crippen molar-refractivity contribution >= 4 is 33.7 Å². The van der Waals surface area contributed by atoms with Gasteiger partial charge in [0.05, 0.1) is 11.1 Å². The summed E-state index contributed by atoms with van der Waals surface area (Å²) in [4.78, 5) is 39.3. The summed E-state index contributed by atoms with van der Waals surface area (Å²) < 4.78 is 0. The summed E-state index contributed by atoms with van der Waals surface area (Å²) in [5.74, 6) is -2.03. The zero-order valence-corrected chi connectivity index (χ0v) is 17.2. The number of aromatic carboxylic acids is 2. The first-order chi connectivity index (χ1) is 15.9. The average Bonchev–Trinajstić information content (AvgIpc) is 2.84. The number of rotatable bonds is 4. The Balaban J connectivity index is 1.67. The Morgan fingerprint density at radius 2 is 1.00 bits per heavy atom. The van der Waals surface area contributed by atoms with Crippen molar-refractivity contribution in [1.29, 1.82) is 0 Å². The smallest absolute Gasteiger partial charge is 0.335 e. The van der Waals surface area contributed by atoms with E-state index in [0.29, 0.717) is 32.9 Å². The van der Waals surface area contributed by atoms with E-state index in [2.05, 4.69) is 4.98 Å². The standard InChI is InChI=1S/C27H17NO5/c29-25-21-13-17(15-3-1-5-19(11-15)26(30)31)7-9-23(21)28-24-10-8-18(14-22(24)25)16-4-2-6-20(12-16)27(32)33/h1-14H,(H,28,29)(H,30,31)(H,32,33). The molecule has 0 radical (unpaired) electrons. The van der Waals surface area contributed by atoms with Gasteiger partial charge in [0.15, 0.2) is 5.43 Å². The van der Waals surface area contributed by atoms with Gasteiger partial charge in [-0.3, -0.25) is 4.79 Å². The van der Waals surface area contributed by atoms with Crippen molar-refractivity contribution in [3.63, 3.8) is 0 Å². The van der Waals surface area contributed by atoms with E-state index in [1.54, 1.807) is 48.5 Å². The highest BCUT2D eigenvalue weighted by Crippen LogP contribution is 2.27. The lowest BCUT2D eigenvalue weighted by molar-refractivity contribution is 0.0686. The van der Waals surface area contributed by atoms with Crippen molar-refractivity contribution < 1.29 is 19.8 Å². The minimum atomic E-state index is -1.01. The van der Waals surface area contributed by atoms with Gasteiger partial charge in [0.2, 0.25) is 0 Å². The second-order valence-corrected chi connectivity index (χ2v) is 7.75. The molecule has 0 saturated carbocycles. The highest BCUT2D eigenvalue weighted by atomic mass is 16.4. The molecule has 0 amide bonds. The Bertz CT molecular complexity index is 1530. The molecule has 6 nitrogen and oxygen atoms in total. The van der Waals surface area contributed by atoms with Gasteiger partial charge in [-0.15, -0.1) is 0 Å². The fourth-order valence-corrected chi connectivity index (χ4v) is 4.00. The second kappa shape index (κ2) is 7.76. The SMILES string of the molecule is O=C(O)c1cccc(-c2ccc3[nH]c4ccc(-c5cccc(C(=O)O)c5)cc4c(=O)c3c2)c1. The van der Waals surface area contributed by atoms with Gasteiger partial charge in [0.1, 0.15) is 0 Å². The van der Waals surface area contributed by atoms with Crippen molar-refractivity contribution in [3.8, 4) is 22.3 Å². The van der Waals surface area contributed by atoms with Crippen LogP contribution in [0.2, 0.25) is 0 Å². The normalized spacial score (nSPS) is 11.0. The number of benzene rings is 4. The first-order valence-corrected chi connectivity index (χ1v) is 10.2. The number of nitrogens with one attached hydrogen (secondary N) is 1. The van der Waals surface area contributed by atoms with Crippen LogP contribution in [0, 0.1) is 0 Å². The van der Waals surface area contributed by atoms with Crippen molar-refractivity contribution in [2.45, 2.75) is 0 Å². The first-order valence-electron chi connectivity index (χ1n) is 10.2. The van der Waals surface area contributed by atoms with Crippen LogP contribution in [-0.4, -0.2) is 27.1 Å². The summed E-state index contributed by atoms with van der Waals surface area (Å²) in [6.07, 6.45) is 0. The minimum absolute atomic E-state index is 0.161. The molecule has 5 rings (SSSR count). The first kappa shape index (κ1) is 20.2. The molecule has 0 fully saturated rings. The van der Waals surface area contributed by atoms with Crippen LogP contribution in [0.15, 0.2) is 89.7 Å².